The van der Waals surface area contributed by atoms with Gasteiger partial charge in [-0.2, -0.15) is 17.2 Å². The lowest BCUT2D eigenvalue weighted by Gasteiger charge is -2.38. The summed E-state index contributed by atoms with van der Waals surface area (Å²) in [5.74, 6) is 0.554. The van der Waals surface area contributed by atoms with E-state index in [4.69, 9.17) is 29.0 Å². The van der Waals surface area contributed by atoms with Gasteiger partial charge >= 0.3 is 6.92 Å². The van der Waals surface area contributed by atoms with Crippen molar-refractivity contribution in [2.75, 3.05) is 0 Å². The summed E-state index contributed by atoms with van der Waals surface area (Å²) in [5, 5.41) is 3.75. The topological polar surface area (TPSA) is 9.23 Å². The highest BCUT2D eigenvalue weighted by Crippen LogP contribution is 2.45. The highest BCUT2D eigenvalue weighted by atomic mass is 32.4. The van der Waals surface area contributed by atoms with E-state index in [1.54, 1.807) is 0 Å². The van der Waals surface area contributed by atoms with Crippen molar-refractivity contribution in [1.29, 1.82) is 0 Å². The summed E-state index contributed by atoms with van der Waals surface area (Å²) in [7, 11) is 0. The number of rotatable bonds is 4. The van der Waals surface area contributed by atoms with Gasteiger partial charge in [0.1, 0.15) is 5.60 Å². The Labute approximate surface area is 156 Å². The van der Waals surface area contributed by atoms with Crippen LogP contribution in [0.2, 0.25) is 0 Å². The predicted octanol–water partition coefficient (Wildman–Crippen LogP) is 5.77. The lowest BCUT2D eigenvalue weighted by Crippen LogP contribution is -2.43. The van der Waals surface area contributed by atoms with Gasteiger partial charge in [-0.1, -0.05) is 42.5 Å². The second-order valence-corrected chi connectivity index (χ2v) is 9.79. The smallest absolute Gasteiger partial charge is 0.173 e. The summed E-state index contributed by atoms with van der Waals surface area (Å²) >= 11 is 10.7. The monoisotopic (exact) mass is 375 g/mol. The minimum absolute atomic E-state index is 0.191. The molecule has 0 radical (unpaired) electrons. The van der Waals surface area contributed by atoms with Gasteiger partial charge in [0.25, 0.3) is 0 Å². The van der Waals surface area contributed by atoms with E-state index in [2.05, 4.69) is 62.9 Å². The molecule has 1 aliphatic rings. The van der Waals surface area contributed by atoms with E-state index in [1.807, 2.05) is 0 Å². The molecule has 126 valence electrons. The quantitative estimate of drug-likeness (QED) is 0.412. The average Bonchev–Trinajstić information content (AvgIpc) is 2.56. The van der Waals surface area contributed by atoms with Gasteiger partial charge in [-0.25, -0.2) is 0 Å². The summed E-state index contributed by atoms with van der Waals surface area (Å²) in [5.41, 5.74) is 0.991. The van der Waals surface area contributed by atoms with Crippen molar-refractivity contribution in [1.82, 2.24) is 0 Å². The molecule has 0 saturated heterocycles. The SMILES string of the molecule is C=C(C)[C@@H]1CC[C@](C)(O[P+](=S)c2cccc3ccccc23)[C@@H](S)C1. The molecule has 2 aromatic carbocycles. The van der Waals surface area contributed by atoms with E-state index < -0.39 is 6.92 Å². The number of hydrogen-bond acceptors (Lipinski definition) is 3. The van der Waals surface area contributed by atoms with Crippen molar-refractivity contribution in [3.8, 4) is 0 Å². The number of fused-ring (bicyclic) bond motifs is 1. The Balaban J connectivity index is 1.82. The molecule has 0 aromatic heterocycles. The zero-order valence-corrected chi connectivity index (χ0v) is 16.8. The Bertz CT molecular complexity index is 783. The summed E-state index contributed by atoms with van der Waals surface area (Å²) in [6, 6.07) is 14.7. The molecule has 24 heavy (non-hydrogen) atoms. The highest BCUT2D eigenvalue weighted by molar-refractivity contribution is 8.06. The molecule has 1 unspecified atom stereocenters. The van der Waals surface area contributed by atoms with Crippen LogP contribution in [0.25, 0.3) is 10.8 Å². The third-order valence-corrected chi connectivity index (χ3v) is 8.09. The van der Waals surface area contributed by atoms with Gasteiger partial charge in [-0.15, -0.1) is 0 Å². The molecular formula is C20H24OPS2+. The van der Waals surface area contributed by atoms with Crippen LogP contribution >= 0.6 is 19.6 Å². The molecular weight excluding hydrogens is 351 g/mol. The van der Waals surface area contributed by atoms with E-state index in [1.165, 1.54) is 16.3 Å². The molecule has 4 atom stereocenters. The minimum Gasteiger partial charge on any atom is -0.173 e. The van der Waals surface area contributed by atoms with Crippen LogP contribution < -0.4 is 5.30 Å². The van der Waals surface area contributed by atoms with Crippen LogP contribution in [-0.4, -0.2) is 10.9 Å². The van der Waals surface area contributed by atoms with E-state index in [9.17, 15) is 0 Å². The minimum atomic E-state index is -1.09. The molecule has 1 aliphatic carbocycles. The third-order valence-electron chi connectivity index (χ3n) is 5.15. The van der Waals surface area contributed by atoms with Crippen LogP contribution in [0.15, 0.2) is 54.6 Å². The van der Waals surface area contributed by atoms with E-state index in [-0.39, 0.29) is 10.9 Å². The van der Waals surface area contributed by atoms with Crippen LogP contribution in [0, 0.1) is 5.92 Å². The zero-order chi connectivity index (χ0) is 17.3. The number of thiol groups is 1. The number of hydrogen-bond donors (Lipinski definition) is 1. The molecule has 3 rings (SSSR count). The first-order valence-corrected chi connectivity index (χ1v) is 11.2. The second kappa shape index (κ2) is 7.25. The zero-order valence-electron chi connectivity index (χ0n) is 14.2. The Morgan fingerprint density at radius 3 is 2.71 bits per heavy atom. The van der Waals surface area contributed by atoms with Crippen molar-refractivity contribution >= 4 is 47.4 Å². The normalized spacial score (nSPS) is 27.9. The summed E-state index contributed by atoms with van der Waals surface area (Å²) in [6.07, 6.45) is 3.11. The van der Waals surface area contributed by atoms with Gasteiger partial charge in [-0.05, 0) is 56.5 Å². The molecule has 1 saturated carbocycles. The fourth-order valence-electron chi connectivity index (χ4n) is 3.42. The number of benzene rings is 2. The van der Waals surface area contributed by atoms with Gasteiger partial charge < -0.3 is 0 Å². The summed E-state index contributed by atoms with van der Waals surface area (Å²) < 4.78 is 6.49. The van der Waals surface area contributed by atoms with Crippen molar-refractivity contribution in [3.05, 3.63) is 54.6 Å². The highest BCUT2D eigenvalue weighted by Gasteiger charge is 2.45. The van der Waals surface area contributed by atoms with Crippen LogP contribution in [0.4, 0.5) is 0 Å². The summed E-state index contributed by atoms with van der Waals surface area (Å²) in [4.78, 5) is 0. The van der Waals surface area contributed by atoms with Crippen LogP contribution in [0.1, 0.15) is 33.1 Å². The Hall–Kier alpha value is -0.730. The van der Waals surface area contributed by atoms with E-state index >= 15 is 0 Å². The van der Waals surface area contributed by atoms with Crippen molar-refractivity contribution in [3.63, 3.8) is 0 Å². The molecule has 0 aliphatic heterocycles. The fourth-order valence-corrected chi connectivity index (χ4v) is 6.24. The average molecular weight is 376 g/mol. The maximum Gasteiger partial charge on any atom is 0.379 e. The molecule has 4 heteroatoms. The molecule has 0 spiro atoms. The first-order valence-electron chi connectivity index (χ1n) is 8.38. The van der Waals surface area contributed by atoms with Crippen molar-refractivity contribution < 1.29 is 4.52 Å². The molecule has 0 bridgehead atoms. The van der Waals surface area contributed by atoms with Crippen molar-refractivity contribution in [2.24, 2.45) is 5.92 Å². The molecule has 0 heterocycles. The molecule has 0 N–H and O–H groups in total. The van der Waals surface area contributed by atoms with E-state index in [0.29, 0.717) is 5.92 Å². The lowest BCUT2D eigenvalue weighted by atomic mass is 9.77. The molecule has 0 amide bonds. The fraction of sp³-hybridized carbons (Fsp3) is 0.400. The van der Waals surface area contributed by atoms with Gasteiger partial charge in [0.05, 0.1) is 0 Å². The molecule has 1 nitrogen and oxygen atoms in total. The Morgan fingerprint density at radius 2 is 2.00 bits per heavy atom. The predicted molar refractivity (Wildman–Crippen MR) is 112 cm³/mol. The second-order valence-electron chi connectivity index (χ2n) is 6.99. The van der Waals surface area contributed by atoms with E-state index in [0.717, 1.165) is 24.6 Å². The van der Waals surface area contributed by atoms with Crippen molar-refractivity contribution in [2.45, 2.75) is 44.0 Å². The standard InChI is InChI=1S/C20H23OPS2/c1-14(2)16-11-12-20(3,19(23)13-16)21-22(24)18-10-6-8-15-7-4-5-9-17(15)18/h4-10,16,19H,1,11-13H2,2-3H3/p+1/t16-,19+,20+/m1/s1. The van der Waals surface area contributed by atoms with Gasteiger partial charge in [0.15, 0.2) is 0 Å². The third kappa shape index (κ3) is 3.60. The maximum absolute atomic E-state index is 6.49. The lowest BCUT2D eigenvalue weighted by molar-refractivity contribution is 0.0627. The first kappa shape index (κ1) is 18.1. The largest absolute Gasteiger partial charge is 0.379 e. The Morgan fingerprint density at radius 1 is 1.29 bits per heavy atom. The van der Waals surface area contributed by atoms with Gasteiger partial charge in [-0.3, -0.25) is 0 Å². The van der Waals surface area contributed by atoms with Crippen LogP contribution in [0.3, 0.4) is 0 Å². The van der Waals surface area contributed by atoms with Gasteiger partial charge in [0.2, 0.25) is 17.1 Å². The molecule has 2 aromatic rings. The molecule has 1 fully saturated rings. The van der Waals surface area contributed by atoms with Crippen LogP contribution in [0.5, 0.6) is 0 Å². The van der Waals surface area contributed by atoms with Crippen LogP contribution in [-0.2, 0) is 16.3 Å². The Kier molecular flexibility index (Phi) is 5.46. The number of allylic oxidation sites excluding steroid dienone is 1. The maximum atomic E-state index is 6.49. The first-order chi connectivity index (χ1) is 11.4. The van der Waals surface area contributed by atoms with Gasteiger partial charge in [0, 0.05) is 10.6 Å². The summed E-state index contributed by atoms with van der Waals surface area (Å²) in [6.45, 7) is 7.31.